The molecule has 2 heterocycles. The fourth-order valence-electron chi connectivity index (χ4n) is 2.92. The Bertz CT molecular complexity index is 637. The highest BCUT2D eigenvalue weighted by molar-refractivity contribution is 6.03. The molecule has 1 aromatic carbocycles. The quantitative estimate of drug-likeness (QED) is 0.850. The first-order valence-electron chi connectivity index (χ1n) is 7.78. The highest BCUT2D eigenvalue weighted by Gasteiger charge is 2.40. The standard InChI is InChI=1S/C16H18F2N2O4/c17-11-1-2-13(12(18)9-11)19-14(21)10-15(22)20-5-3-16(4-6-20)23-7-8-24-16/h1-2,9H,3-8,10H2,(H,19,21). The van der Waals surface area contributed by atoms with Crippen LogP contribution in [-0.2, 0) is 19.1 Å². The largest absolute Gasteiger partial charge is 0.347 e. The van der Waals surface area contributed by atoms with E-state index in [2.05, 4.69) is 5.32 Å². The normalized spacial score (nSPS) is 19.5. The van der Waals surface area contributed by atoms with Crippen molar-refractivity contribution in [1.29, 1.82) is 0 Å². The molecule has 2 fully saturated rings. The molecule has 0 radical (unpaired) electrons. The number of carbonyl (C=O) groups excluding carboxylic acids is 2. The summed E-state index contributed by atoms with van der Waals surface area (Å²) in [5, 5.41) is 2.28. The number of halogens is 2. The minimum Gasteiger partial charge on any atom is -0.347 e. The van der Waals surface area contributed by atoms with Gasteiger partial charge < -0.3 is 19.7 Å². The van der Waals surface area contributed by atoms with Crippen molar-refractivity contribution >= 4 is 17.5 Å². The number of ether oxygens (including phenoxy) is 2. The lowest BCUT2D eigenvalue weighted by molar-refractivity contribution is -0.187. The van der Waals surface area contributed by atoms with Crippen molar-refractivity contribution in [2.24, 2.45) is 0 Å². The fourth-order valence-corrected chi connectivity index (χ4v) is 2.92. The molecule has 1 aromatic rings. The Kier molecular flexibility index (Phi) is 4.77. The van der Waals surface area contributed by atoms with Gasteiger partial charge in [-0.25, -0.2) is 8.78 Å². The first-order valence-corrected chi connectivity index (χ1v) is 7.78. The smallest absolute Gasteiger partial charge is 0.233 e. The summed E-state index contributed by atoms with van der Waals surface area (Å²) in [5.41, 5.74) is -0.153. The zero-order chi connectivity index (χ0) is 17.2. The summed E-state index contributed by atoms with van der Waals surface area (Å²) in [5.74, 6) is -3.19. The monoisotopic (exact) mass is 340 g/mol. The minimum absolute atomic E-state index is 0.153. The molecule has 0 aromatic heterocycles. The van der Waals surface area contributed by atoms with Crippen LogP contribution in [0.25, 0.3) is 0 Å². The number of carbonyl (C=O) groups is 2. The average molecular weight is 340 g/mol. The maximum absolute atomic E-state index is 13.5. The fraction of sp³-hybridized carbons (Fsp3) is 0.500. The van der Waals surface area contributed by atoms with Crippen LogP contribution in [-0.4, -0.2) is 48.8 Å². The van der Waals surface area contributed by atoms with E-state index in [1.807, 2.05) is 0 Å². The molecular weight excluding hydrogens is 322 g/mol. The van der Waals surface area contributed by atoms with E-state index in [-0.39, 0.29) is 11.6 Å². The number of rotatable bonds is 3. The average Bonchev–Trinajstić information content (AvgIpc) is 2.99. The van der Waals surface area contributed by atoms with Gasteiger partial charge in [-0.3, -0.25) is 9.59 Å². The van der Waals surface area contributed by atoms with Crippen molar-refractivity contribution in [2.75, 3.05) is 31.6 Å². The lowest BCUT2D eigenvalue weighted by Crippen LogP contribution is -2.47. The van der Waals surface area contributed by atoms with Gasteiger partial charge in [-0.1, -0.05) is 0 Å². The molecule has 6 nitrogen and oxygen atoms in total. The number of nitrogens with one attached hydrogen (secondary N) is 1. The van der Waals surface area contributed by atoms with Gasteiger partial charge in [-0.2, -0.15) is 0 Å². The minimum atomic E-state index is -0.883. The van der Waals surface area contributed by atoms with Gasteiger partial charge in [0.1, 0.15) is 18.1 Å². The maximum Gasteiger partial charge on any atom is 0.233 e. The summed E-state index contributed by atoms with van der Waals surface area (Å²) < 4.78 is 37.5. The van der Waals surface area contributed by atoms with E-state index in [0.717, 1.165) is 12.1 Å². The predicted octanol–water partition coefficient (Wildman–Crippen LogP) is 1.66. The predicted molar refractivity (Wildman–Crippen MR) is 80.1 cm³/mol. The third kappa shape index (κ3) is 3.70. The molecule has 8 heteroatoms. The summed E-state index contributed by atoms with van der Waals surface area (Å²) in [6, 6.07) is 2.82. The molecule has 1 N–H and O–H groups in total. The number of amides is 2. The van der Waals surface area contributed by atoms with Gasteiger partial charge in [-0.05, 0) is 12.1 Å². The number of hydrogen-bond acceptors (Lipinski definition) is 4. The van der Waals surface area contributed by atoms with Crippen LogP contribution in [0.1, 0.15) is 19.3 Å². The van der Waals surface area contributed by atoms with Crippen LogP contribution < -0.4 is 5.32 Å². The van der Waals surface area contributed by atoms with Crippen molar-refractivity contribution in [2.45, 2.75) is 25.0 Å². The van der Waals surface area contributed by atoms with Crippen molar-refractivity contribution in [3.8, 4) is 0 Å². The van der Waals surface area contributed by atoms with Crippen LogP contribution in [0.4, 0.5) is 14.5 Å². The molecule has 2 saturated heterocycles. The van der Waals surface area contributed by atoms with Crippen molar-refractivity contribution < 1.29 is 27.8 Å². The molecule has 0 aliphatic carbocycles. The first kappa shape index (κ1) is 16.8. The SMILES string of the molecule is O=C(CC(=O)N1CCC2(CC1)OCCO2)Nc1ccc(F)cc1F. The van der Waals surface area contributed by atoms with Gasteiger partial charge in [-0.15, -0.1) is 0 Å². The van der Waals surface area contributed by atoms with E-state index in [0.29, 0.717) is 45.2 Å². The van der Waals surface area contributed by atoms with Gasteiger partial charge in [0.05, 0.1) is 18.9 Å². The molecule has 2 amide bonds. The Morgan fingerprint density at radius 1 is 1.17 bits per heavy atom. The molecule has 3 rings (SSSR count). The van der Waals surface area contributed by atoms with Crippen LogP contribution in [0.5, 0.6) is 0 Å². The molecule has 0 bridgehead atoms. The van der Waals surface area contributed by atoms with Crippen LogP contribution >= 0.6 is 0 Å². The summed E-state index contributed by atoms with van der Waals surface area (Å²) in [7, 11) is 0. The van der Waals surface area contributed by atoms with E-state index in [4.69, 9.17) is 9.47 Å². The molecule has 0 saturated carbocycles. The number of piperidine rings is 1. The molecular formula is C16H18F2N2O4. The van der Waals surface area contributed by atoms with Crippen molar-refractivity contribution in [3.63, 3.8) is 0 Å². The number of anilines is 1. The second-order valence-electron chi connectivity index (χ2n) is 5.84. The van der Waals surface area contributed by atoms with Crippen molar-refractivity contribution in [1.82, 2.24) is 4.90 Å². The summed E-state index contributed by atoms with van der Waals surface area (Å²) in [6.45, 7) is 1.99. The molecule has 0 atom stereocenters. The van der Waals surface area contributed by atoms with Gasteiger partial charge in [0.25, 0.3) is 0 Å². The Morgan fingerprint density at radius 3 is 2.46 bits per heavy atom. The summed E-state index contributed by atoms with van der Waals surface area (Å²) in [6.07, 6.45) is 0.728. The molecule has 2 aliphatic rings. The summed E-state index contributed by atoms with van der Waals surface area (Å²) >= 11 is 0. The zero-order valence-corrected chi connectivity index (χ0v) is 13.0. The lowest BCUT2D eigenvalue weighted by atomic mass is 10.0. The van der Waals surface area contributed by atoms with Crippen LogP contribution in [0.3, 0.4) is 0 Å². The van der Waals surface area contributed by atoms with Gasteiger partial charge in [0, 0.05) is 32.0 Å². The molecule has 0 unspecified atom stereocenters. The molecule has 2 aliphatic heterocycles. The van der Waals surface area contributed by atoms with Crippen LogP contribution in [0.2, 0.25) is 0 Å². The van der Waals surface area contributed by atoms with E-state index in [1.54, 1.807) is 4.90 Å². The Morgan fingerprint density at radius 2 is 1.83 bits per heavy atom. The Hall–Kier alpha value is -2.06. The zero-order valence-electron chi connectivity index (χ0n) is 13.0. The number of benzene rings is 1. The van der Waals surface area contributed by atoms with Gasteiger partial charge in [0.2, 0.25) is 11.8 Å². The topological polar surface area (TPSA) is 67.9 Å². The highest BCUT2D eigenvalue weighted by Crippen LogP contribution is 2.31. The lowest BCUT2D eigenvalue weighted by Gasteiger charge is -2.37. The van der Waals surface area contributed by atoms with Crippen LogP contribution in [0, 0.1) is 11.6 Å². The maximum atomic E-state index is 13.5. The van der Waals surface area contributed by atoms with E-state index < -0.39 is 29.7 Å². The first-order chi connectivity index (χ1) is 11.5. The summed E-state index contributed by atoms with van der Waals surface area (Å²) in [4.78, 5) is 25.6. The second kappa shape index (κ2) is 6.82. The Balaban J connectivity index is 1.50. The van der Waals surface area contributed by atoms with E-state index in [9.17, 15) is 18.4 Å². The van der Waals surface area contributed by atoms with E-state index in [1.165, 1.54) is 0 Å². The molecule has 130 valence electrons. The van der Waals surface area contributed by atoms with E-state index >= 15 is 0 Å². The highest BCUT2D eigenvalue weighted by atomic mass is 19.1. The van der Waals surface area contributed by atoms with Crippen LogP contribution in [0.15, 0.2) is 18.2 Å². The number of likely N-dealkylation sites (tertiary alicyclic amines) is 1. The molecule has 1 spiro atoms. The third-order valence-corrected chi connectivity index (χ3v) is 4.21. The number of nitrogens with zero attached hydrogens (tertiary/aromatic N) is 1. The number of hydrogen-bond donors (Lipinski definition) is 1. The Labute approximate surface area is 137 Å². The molecule has 24 heavy (non-hydrogen) atoms. The van der Waals surface area contributed by atoms with Gasteiger partial charge in [0.15, 0.2) is 5.79 Å². The second-order valence-corrected chi connectivity index (χ2v) is 5.84. The third-order valence-electron chi connectivity index (χ3n) is 4.21. The van der Waals surface area contributed by atoms with Crippen molar-refractivity contribution in [3.05, 3.63) is 29.8 Å². The van der Waals surface area contributed by atoms with Gasteiger partial charge >= 0.3 is 0 Å².